The van der Waals surface area contributed by atoms with Gasteiger partial charge >= 0.3 is 0 Å². The van der Waals surface area contributed by atoms with Crippen molar-refractivity contribution in [3.05, 3.63) is 46.4 Å². The molecule has 0 aromatic heterocycles. The van der Waals surface area contributed by atoms with Crippen LogP contribution in [-0.2, 0) is 0 Å². The predicted octanol–water partition coefficient (Wildman–Crippen LogP) is 7.10. The Morgan fingerprint density at radius 2 is 1.41 bits per heavy atom. The summed E-state index contributed by atoms with van der Waals surface area (Å²) in [5, 5.41) is 13.4. The van der Waals surface area contributed by atoms with Crippen LogP contribution in [0.2, 0.25) is 0 Å². The predicted molar refractivity (Wildman–Crippen MR) is 121 cm³/mol. The van der Waals surface area contributed by atoms with Crippen molar-refractivity contribution in [3.8, 4) is 0 Å². The topological polar surface area (TPSA) is 23.5 Å². The average molecular weight is 434 g/mol. The van der Waals surface area contributed by atoms with Gasteiger partial charge in [-0.2, -0.15) is 0 Å². The lowest BCUT2D eigenvalue weighted by molar-refractivity contribution is 0.111. The summed E-state index contributed by atoms with van der Waals surface area (Å²) in [4.78, 5) is 2.48. The van der Waals surface area contributed by atoms with Gasteiger partial charge < -0.3 is 10.0 Å². The maximum atomic E-state index is 11.0. The molecule has 0 unspecified atom stereocenters. The molecule has 1 N–H and O–H groups in total. The van der Waals surface area contributed by atoms with Gasteiger partial charge in [0.25, 0.3) is 0 Å². The molecule has 0 aliphatic heterocycles. The highest BCUT2D eigenvalue weighted by atomic mass is 79.9. The zero-order valence-corrected chi connectivity index (χ0v) is 18.7. The molecular formula is C24H36BrNO. The smallest absolute Gasteiger partial charge is 0.0922 e. The zero-order chi connectivity index (χ0) is 19.5. The van der Waals surface area contributed by atoms with Crippen LogP contribution in [0.3, 0.4) is 0 Å². The summed E-state index contributed by atoms with van der Waals surface area (Å²) in [7, 11) is 0. The molecule has 0 aliphatic carbocycles. The summed E-state index contributed by atoms with van der Waals surface area (Å²) in [5.74, 6) is 0. The number of halogens is 1. The number of fused-ring (bicyclic) bond motifs is 1. The maximum Gasteiger partial charge on any atom is 0.0922 e. The van der Waals surface area contributed by atoms with Crippen molar-refractivity contribution in [3.63, 3.8) is 0 Å². The number of aliphatic hydroxyl groups is 1. The van der Waals surface area contributed by atoms with Gasteiger partial charge in [-0.15, -0.1) is 0 Å². The first-order chi connectivity index (χ1) is 13.2. The molecule has 0 amide bonds. The molecule has 0 radical (unpaired) electrons. The maximum absolute atomic E-state index is 11.0. The molecule has 150 valence electrons. The Bertz CT molecular complexity index is 660. The number of rotatable bonds is 13. The van der Waals surface area contributed by atoms with Crippen LogP contribution in [0.4, 0.5) is 0 Å². The van der Waals surface area contributed by atoms with E-state index in [1.807, 2.05) is 0 Å². The van der Waals surface area contributed by atoms with Crippen molar-refractivity contribution in [2.24, 2.45) is 0 Å². The molecular weight excluding hydrogens is 398 g/mol. The standard InChI is InChI=1S/C24H36BrNO/c1-3-5-7-11-17-26(18-12-8-6-4-2)19-24(27)22-15-16-23(25)21-14-10-9-13-20(21)22/h9-10,13-16,24,27H,3-8,11-12,17-19H2,1-2H3/t24-/m1/s1. The largest absolute Gasteiger partial charge is 0.387 e. The van der Waals surface area contributed by atoms with Crippen LogP contribution in [0.1, 0.15) is 76.9 Å². The lowest BCUT2D eigenvalue weighted by Crippen LogP contribution is -2.31. The Labute approximate surface area is 174 Å². The third kappa shape index (κ3) is 7.21. The molecule has 0 aliphatic rings. The molecule has 2 rings (SSSR count). The van der Waals surface area contributed by atoms with Crippen molar-refractivity contribution in [1.82, 2.24) is 4.90 Å². The fourth-order valence-electron chi connectivity index (χ4n) is 3.74. The van der Waals surface area contributed by atoms with Gasteiger partial charge in [0.2, 0.25) is 0 Å². The minimum absolute atomic E-state index is 0.444. The minimum atomic E-state index is -0.444. The van der Waals surface area contributed by atoms with Crippen LogP contribution >= 0.6 is 15.9 Å². The van der Waals surface area contributed by atoms with Crippen molar-refractivity contribution in [2.45, 2.75) is 71.3 Å². The van der Waals surface area contributed by atoms with E-state index in [0.29, 0.717) is 0 Å². The van der Waals surface area contributed by atoms with Crippen LogP contribution in [0.15, 0.2) is 40.9 Å². The van der Waals surface area contributed by atoms with Gasteiger partial charge in [-0.3, -0.25) is 0 Å². The van der Waals surface area contributed by atoms with E-state index in [2.05, 4.69) is 71.1 Å². The normalized spacial score (nSPS) is 12.8. The molecule has 1 atom stereocenters. The number of unbranched alkanes of at least 4 members (excludes halogenated alkanes) is 6. The van der Waals surface area contributed by atoms with Crippen molar-refractivity contribution in [1.29, 1.82) is 0 Å². The Balaban J connectivity index is 2.04. The molecule has 0 spiro atoms. The Morgan fingerprint density at radius 3 is 2.00 bits per heavy atom. The third-order valence-corrected chi connectivity index (χ3v) is 6.04. The molecule has 2 nitrogen and oxygen atoms in total. The van der Waals surface area contributed by atoms with E-state index in [0.717, 1.165) is 35.1 Å². The van der Waals surface area contributed by atoms with E-state index >= 15 is 0 Å². The highest BCUT2D eigenvalue weighted by molar-refractivity contribution is 9.10. The second-order valence-electron chi connectivity index (χ2n) is 7.62. The van der Waals surface area contributed by atoms with Gasteiger partial charge in [0, 0.05) is 11.0 Å². The van der Waals surface area contributed by atoms with Gasteiger partial charge in [-0.05, 0) is 48.3 Å². The average Bonchev–Trinajstić information content (AvgIpc) is 2.68. The van der Waals surface area contributed by atoms with Crippen LogP contribution in [-0.4, -0.2) is 29.6 Å². The van der Waals surface area contributed by atoms with E-state index in [9.17, 15) is 5.11 Å². The fraction of sp³-hybridized carbons (Fsp3) is 0.583. The van der Waals surface area contributed by atoms with E-state index < -0.39 is 6.10 Å². The van der Waals surface area contributed by atoms with Crippen molar-refractivity contribution < 1.29 is 5.11 Å². The third-order valence-electron chi connectivity index (χ3n) is 5.35. The van der Waals surface area contributed by atoms with E-state index in [4.69, 9.17) is 0 Å². The van der Waals surface area contributed by atoms with Gasteiger partial charge in [-0.25, -0.2) is 0 Å². The Kier molecular flexibility index (Phi) is 10.4. The van der Waals surface area contributed by atoms with Gasteiger partial charge in [-0.1, -0.05) is 98.6 Å². The summed E-state index contributed by atoms with van der Waals surface area (Å²) in [6.07, 6.45) is 9.75. The van der Waals surface area contributed by atoms with Crippen LogP contribution in [0, 0.1) is 0 Å². The molecule has 0 saturated carbocycles. The lowest BCUT2D eigenvalue weighted by Gasteiger charge is -2.26. The molecule has 2 aromatic carbocycles. The van der Waals surface area contributed by atoms with Gasteiger partial charge in [0.05, 0.1) is 6.10 Å². The molecule has 0 fully saturated rings. The van der Waals surface area contributed by atoms with Crippen LogP contribution < -0.4 is 0 Å². The van der Waals surface area contributed by atoms with Gasteiger partial charge in [0.1, 0.15) is 0 Å². The second kappa shape index (κ2) is 12.5. The lowest BCUT2D eigenvalue weighted by atomic mass is 10.00. The molecule has 2 aromatic rings. The SMILES string of the molecule is CCCCCCN(CCCCCC)C[C@@H](O)c1ccc(Br)c2ccccc12. The molecule has 3 heteroatoms. The first kappa shape index (κ1) is 22.4. The fourth-order valence-corrected chi connectivity index (χ4v) is 4.22. The van der Waals surface area contributed by atoms with Crippen molar-refractivity contribution >= 4 is 26.7 Å². The number of benzene rings is 2. The first-order valence-electron chi connectivity index (χ1n) is 10.7. The van der Waals surface area contributed by atoms with Crippen LogP contribution in [0.25, 0.3) is 10.8 Å². The summed E-state index contributed by atoms with van der Waals surface area (Å²) in [5.41, 5.74) is 1.04. The summed E-state index contributed by atoms with van der Waals surface area (Å²) >= 11 is 3.64. The molecule has 0 saturated heterocycles. The summed E-state index contributed by atoms with van der Waals surface area (Å²) in [6, 6.07) is 12.5. The summed E-state index contributed by atoms with van der Waals surface area (Å²) in [6.45, 7) is 7.43. The van der Waals surface area contributed by atoms with E-state index in [1.165, 1.54) is 56.8 Å². The van der Waals surface area contributed by atoms with E-state index in [1.54, 1.807) is 0 Å². The number of aliphatic hydroxyl groups excluding tert-OH is 1. The summed E-state index contributed by atoms with van der Waals surface area (Å²) < 4.78 is 1.09. The van der Waals surface area contributed by atoms with E-state index in [-0.39, 0.29) is 0 Å². The second-order valence-corrected chi connectivity index (χ2v) is 8.47. The Hall–Kier alpha value is -0.900. The highest BCUT2D eigenvalue weighted by Gasteiger charge is 2.16. The quantitative estimate of drug-likeness (QED) is 0.340. The van der Waals surface area contributed by atoms with Gasteiger partial charge in [0.15, 0.2) is 0 Å². The van der Waals surface area contributed by atoms with Crippen molar-refractivity contribution in [2.75, 3.05) is 19.6 Å². The number of hydrogen-bond donors (Lipinski definition) is 1. The zero-order valence-electron chi connectivity index (χ0n) is 17.1. The van der Waals surface area contributed by atoms with Crippen LogP contribution in [0.5, 0.6) is 0 Å². The minimum Gasteiger partial charge on any atom is -0.387 e. The molecule has 27 heavy (non-hydrogen) atoms. The molecule has 0 bridgehead atoms. The number of hydrogen-bond acceptors (Lipinski definition) is 2. The monoisotopic (exact) mass is 433 g/mol. The highest BCUT2D eigenvalue weighted by Crippen LogP contribution is 2.30. The first-order valence-corrected chi connectivity index (χ1v) is 11.5. The molecule has 0 heterocycles. The Morgan fingerprint density at radius 1 is 0.815 bits per heavy atom. The number of nitrogens with zero attached hydrogens (tertiary/aromatic N) is 1.